The molecular formula is C15H21NO4. The zero-order valence-corrected chi connectivity index (χ0v) is 11.7. The summed E-state index contributed by atoms with van der Waals surface area (Å²) in [7, 11) is 1.49. The van der Waals surface area contributed by atoms with E-state index in [1.807, 2.05) is 30.3 Å². The van der Waals surface area contributed by atoms with Crippen molar-refractivity contribution in [2.24, 2.45) is 0 Å². The molecule has 1 amide bonds. The standard InChI is InChI=1S/C15H21NO4/c1-16(12-15(18)19)14(17)8-5-10-20-11-9-13-6-3-2-4-7-13/h2-4,6-7H,5,8-12H2,1H3,(H,18,19). The Morgan fingerprint density at radius 1 is 1.20 bits per heavy atom. The molecule has 0 aliphatic heterocycles. The lowest BCUT2D eigenvalue weighted by atomic mass is 10.2. The SMILES string of the molecule is CN(CC(=O)O)C(=O)CCCOCCc1ccccc1. The maximum Gasteiger partial charge on any atom is 0.323 e. The van der Waals surface area contributed by atoms with Crippen molar-refractivity contribution in [3.8, 4) is 0 Å². The number of carbonyl (C=O) groups is 2. The van der Waals surface area contributed by atoms with Crippen molar-refractivity contribution >= 4 is 11.9 Å². The first-order chi connectivity index (χ1) is 9.59. The van der Waals surface area contributed by atoms with Crippen molar-refractivity contribution in [2.75, 3.05) is 26.8 Å². The molecule has 0 aliphatic carbocycles. The molecule has 1 aromatic rings. The van der Waals surface area contributed by atoms with Gasteiger partial charge in [0.05, 0.1) is 6.61 Å². The van der Waals surface area contributed by atoms with Gasteiger partial charge in [-0.15, -0.1) is 0 Å². The lowest BCUT2D eigenvalue weighted by molar-refractivity contribution is -0.143. The highest BCUT2D eigenvalue weighted by molar-refractivity contribution is 5.80. The van der Waals surface area contributed by atoms with Crippen molar-refractivity contribution in [3.05, 3.63) is 35.9 Å². The highest BCUT2D eigenvalue weighted by Crippen LogP contribution is 2.01. The van der Waals surface area contributed by atoms with Crippen molar-refractivity contribution in [3.63, 3.8) is 0 Å². The third-order valence-corrected chi connectivity index (χ3v) is 2.86. The van der Waals surface area contributed by atoms with E-state index in [-0.39, 0.29) is 12.5 Å². The van der Waals surface area contributed by atoms with Crippen molar-refractivity contribution < 1.29 is 19.4 Å². The summed E-state index contributed by atoms with van der Waals surface area (Å²) in [5.41, 5.74) is 1.23. The topological polar surface area (TPSA) is 66.8 Å². The Kier molecular flexibility index (Phi) is 7.35. The smallest absolute Gasteiger partial charge is 0.323 e. The molecule has 0 spiro atoms. The molecule has 1 rings (SSSR count). The van der Waals surface area contributed by atoms with E-state index in [1.165, 1.54) is 17.5 Å². The number of benzene rings is 1. The molecule has 0 aliphatic rings. The minimum atomic E-state index is -1.00. The fraction of sp³-hybridized carbons (Fsp3) is 0.467. The molecule has 0 fully saturated rings. The van der Waals surface area contributed by atoms with Crippen LogP contribution < -0.4 is 0 Å². The van der Waals surface area contributed by atoms with Gasteiger partial charge in [0.1, 0.15) is 6.54 Å². The van der Waals surface area contributed by atoms with Gasteiger partial charge in [-0.05, 0) is 18.4 Å². The number of carboxylic acid groups (broad SMARTS) is 1. The molecule has 0 heterocycles. The predicted molar refractivity (Wildman–Crippen MR) is 75.5 cm³/mol. The molecule has 0 saturated heterocycles. The summed E-state index contributed by atoms with van der Waals surface area (Å²) in [4.78, 5) is 23.2. The van der Waals surface area contributed by atoms with Crippen molar-refractivity contribution in [2.45, 2.75) is 19.3 Å². The third-order valence-electron chi connectivity index (χ3n) is 2.86. The Morgan fingerprint density at radius 3 is 2.55 bits per heavy atom. The average Bonchev–Trinajstić information content (AvgIpc) is 2.42. The summed E-state index contributed by atoms with van der Waals surface area (Å²) >= 11 is 0. The largest absolute Gasteiger partial charge is 0.480 e. The average molecular weight is 279 g/mol. The minimum Gasteiger partial charge on any atom is -0.480 e. The molecular weight excluding hydrogens is 258 g/mol. The van der Waals surface area contributed by atoms with Crippen LogP contribution in [0.3, 0.4) is 0 Å². The van der Waals surface area contributed by atoms with Crippen molar-refractivity contribution in [1.82, 2.24) is 4.90 Å². The molecule has 1 N–H and O–H groups in total. The summed E-state index contributed by atoms with van der Waals surface area (Å²) in [6.45, 7) is 0.885. The van der Waals surface area contributed by atoms with Gasteiger partial charge in [-0.25, -0.2) is 0 Å². The van der Waals surface area contributed by atoms with Crippen LogP contribution in [0.15, 0.2) is 30.3 Å². The van der Waals surface area contributed by atoms with Crippen LogP contribution in [0, 0.1) is 0 Å². The maximum absolute atomic E-state index is 11.5. The first-order valence-electron chi connectivity index (χ1n) is 6.67. The van der Waals surface area contributed by atoms with E-state index in [1.54, 1.807) is 0 Å². The van der Waals surface area contributed by atoms with Crippen LogP contribution in [-0.4, -0.2) is 48.7 Å². The fourth-order valence-corrected chi connectivity index (χ4v) is 1.74. The Morgan fingerprint density at radius 2 is 1.90 bits per heavy atom. The van der Waals surface area contributed by atoms with Crippen LogP contribution in [0.1, 0.15) is 18.4 Å². The molecule has 0 atom stereocenters. The van der Waals surface area contributed by atoms with Gasteiger partial charge >= 0.3 is 5.97 Å². The molecule has 0 bridgehead atoms. The van der Waals surface area contributed by atoms with E-state index < -0.39 is 5.97 Å². The second kappa shape index (κ2) is 9.09. The summed E-state index contributed by atoms with van der Waals surface area (Å²) in [5.74, 6) is -1.17. The van der Waals surface area contributed by atoms with Gasteiger partial charge in [0.15, 0.2) is 0 Å². The maximum atomic E-state index is 11.5. The van der Waals surface area contributed by atoms with E-state index in [4.69, 9.17) is 9.84 Å². The normalized spacial score (nSPS) is 10.2. The number of amides is 1. The second-order valence-corrected chi connectivity index (χ2v) is 4.60. The molecule has 1 aromatic carbocycles. The zero-order valence-electron chi connectivity index (χ0n) is 11.7. The van der Waals surface area contributed by atoms with E-state index in [2.05, 4.69) is 0 Å². The van der Waals surface area contributed by atoms with Crippen LogP contribution >= 0.6 is 0 Å². The Labute approximate surface area is 119 Å². The highest BCUT2D eigenvalue weighted by Gasteiger charge is 2.11. The summed E-state index contributed by atoms with van der Waals surface area (Å²) < 4.78 is 5.46. The molecule has 0 saturated carbocycles. The number of ether oxygens (including phenoxy) is 1. The number of nitrogens with zero attached hydrogens (tertiary/aromatic N) is 1. The van der Waals surface area contributed by atoms with Crippen LogP contribution in [0.5, 0.6) is 0 Å². The lowest BCUT2D eigenvalue weighted by Gasteiger charge is -2.14. The summed E-state index contributed by atoms with van der Waals surface area (Å²) in [6, 6.07) is 10.1. The van der Waals surface area contributed by atoms with Crippen LogP contribution in [-0.2, 0) is 20.7 Å². The Hall–Kier alpha value is -1.88. The van der Waals surface area contributed by atoms with E-state index in [0.717, 1.165) is 6.42 Å². The molecule has 20 heavy (non-hydrogen) atoms. The lowest BCUT2D eigenvalue weighted by Crippen LogP contribution is -2.31. The second-order valence-electron chi connectivity index (χ2n) is 4.60. The monoisotopic (exact) mass is 279 g/mol. The summed E-state index contributed by atoms with van der Waals surface area (Å²) in [5, 5.41) is 8.56. The number of hydrogen-bond acceptors (Lipinski definition) is 3. The quantitative estimate of drug-likeness (QED) is 0.697. The zero-order chi connectivity index (χ0) is 14.8. The Bertz CT molecular complexity index is 419. The van der Waals surface area contributed by atoms with Crippen LogP contribution in [0.25, 0.3) is 0 Å². The van der Waals surface area contributed by atoms with E-state index in [0.29, 0.717) is 26.1 Å². The number of hydrogen-bond donors (Lipinski definition) is 1. The predicted octanol–water partition coefficient (Wildman–Crippen LogP) is 1.57. The first-order valence-corrected chi connectivity index (χ1v) is 6.67. The van der Waals surface area contributed by atoms with E-state index in [9.17, 15) is 9.59 Å². The van der Waals surface area contributed by atoms with Gasteiger partial charge in [-0.2, -0.15) is 0 Å². The molecule has 0 aromatic heterocycles. The molecule has 5 heteroatoms. The number of rotatable bonds is 9. The number of carboxylic acids is 1. The molecule has 110 valence electrons. The van der Waals surface area contributed by atoms with E-state index >= 15 is 0 Å². The fourth-order valence-electron chi connectivity index (χ4n) is 1.74. The number of aliphatic carboxylic acids is 1. The molecule has 0 unspecified atom stereocenters. The third kappa shape index (κ3) is 6.89. The van der Waals surface area contributed by atoms with Gasteiger partial charge in [0.25, 0.3) is 0 Å². The summed E-state index contributed by atoms with van der Waals surface area (Å²) in [6.07, 6.45) is 1.78. The van der Waals surface area contributed by atoms with Gasteiger partial charge < -0.3 is 14.7 Å². The van der Waals surface area contributed by atoms with Crippen LogP contribution in [0.2, 0.25) is 0 Å². The van der Waals surface area contributed by atoms with Gasteiger partial charge in [0.2, 0.25) is 5.91 Å². The first kappa shape index (κ1) is 16.2. The van der Waals surface area contributed by atoms with Gasteiger partial charge in [-0.1, -0.05) is 30.3 Å². The van der Waals surface area contributed by atoms with Gasteiger partial charge in [-0.3, -0.25) is 9.59 Å². The van der Waals surface area contributed by atoms with Crippen molar-refractivity contribution in [1.29, 1.82) is 0 Å². The van der Waals surface area contributed by atoms with Gasteiger partial charge in [0, 0.05) is 20.1 Å². The van der Waals surface area contributed by atoms with Crippen LogP contribution in [0.4, 0.5) is 0 Å². The molecule has 5 nitrogen and oxygen atoms in total. The minimum absolute atomic E-state index is 0.168. The molecule has 0 radical (unpaired) electrons. The number of carbonyl (C=O) groups excluding carboxylic acids is 1. The Balaban J connectivity index is 2.04. The number of likely N-dealkylation sites (N-methyl/N-ethyl adjacent to an activating group) is 1. The highest BCUT2D eigenvalue weighted by atomic mass is 16.5.